The van der Waals surface area contributed by atoms with Crippen molar-refractivity contribution in [2.24, 2.45) is 0 Å². The number of nitrogens with zero attached hydrogens (tertiary/aromatic N) is 3. The zero-order valence-corrected chi connectivity index (χ0v) is 27.4. The number of rotatable bonds is 11. The van der Waals surface area contributed by atoms with Gasteiger partial charge in [-0.15, -0.1) is 10.2 Å². The lowest BCUT2D eigenvalue weighted by atomic mass is 9.95. The van der Waals surface area contributed by atoms with E-state index in [1.54, 1.807) is 36.4 Å². The summed E-state index contributed by atoms with van der Waals surface area (Å²) in [6.07, 6.45) is 0.802. The van der Waals surface area contributed by atoms with Crippen molar-refractivity contribution in [2.75, 3.05) is 31.3 Å². The van der Waals surface area contributed by atoms with Gasteiger partial charge in [-0.25, -0.2) is 0 Å². The zero-order valence-electron chi connectivity index (χ0n) is 25.0. The van der Waals surface area contributed by atoms with Crippen LogP contribution in [0.25, 0.3) is 5.76 Å². The largest absolute Gasteiger partial charge is 0.507 e. The number of anilines is 1. The quantitative estimate of drug-likeness (QED) is 0.0579. The van der Waals surface area contributed by atoms with Gasteiger partial charge in [0.25, 0.3) is 5.78 Å². The normalized spacial score (nSPS) is 16.9. The molecule has 1 fully saturated rings. The summed E-state index contributed by atoms with van der Waals surface area (Å²) < 4.78 is 23.7. The molecule has 0 unspecified atom stereocenters. The second-order valence-electron chi connectivity index (χ2n) is 10.2. The van der Waals surface area contributed by atoms with Gasteiger partial charge < -0.3 is 24.1 Å². The number of ether oxygens (including phenoxy) is 4. The summed E-state index contributed by atoms with van der Waals surface area (Å²) in [4.78, 5) is 28.8. The maximum absolute atomic E-state index is 13.8. The fourth-order valence-electron chi connectivity index (χ4n) is 5.10. The molecule has 1 N–H and O–H groups in total. The molecule has 1 aromatic heterocycles. The van der Waals surface area contributed by atoms with Gasteiger partial charge in [0.05, 0.1) is 24.8 Å². The molecule has 4 aromatic rings. The number of benzene rings is 3. The van der Waals surface area contributed by atoms with Gasteiger partial charge in [-0.2, -0.15) is 0 Å². The van der Waals surface area contributed by atoms with Crippen LogP contribution in [0.1, 0.15) is 43.0 Å². The molecular formula is C33H30ClN3O7S2. The number of thioether (sulfide) groups is 1. The molecule has 1 amide bonds. The van der Waals surface area contributed by atoms with Crippen LogP contribution in [0.5, 0.6) is 23.0 Å². The lowest BCUT2D eigenvalue weighted by molar-refractivity contribution is -0.132. The van der Waals surface area contributed by atoms with Crippen LogP contribution in [-0.4, -0.2) is 53.4 Å². The highest BCUT2D eigenvalue weighted by Crippen LogP contribution is 2.46. The minimum absolute atomic E-state index is 0.105. The minimum atomic E-state index is -1.04. The van der Waals surface area contributed by atoms with Gasteiger partial charge in [0.2, 0.25) is 5.13 Å². The fourth-order valence-corrected chi connectivity index (χ4v) is 7.25. The maximum Gasteiger partial charge on any atom is 0.301 e. The molecule has 238 valence electrons. The predicted octanol–water partition coefficient (Wildman–Crippen LogP) is 7.07. The van der Waals surface area contributed by atoms with E-state index in [2.05, 4.69) is 10.2 Å². The summed E-state index contributed by atoms with van der Waals surface area (Å²) in [6, 6.07) is 16.6. The fraction of sp³-hybridized carbons (Fsp3) is 0.273. The number of aliphatic hydroxyl groups is 1. The third kappa shape index (κ3) is 6.37. The summed E-state index contributed by atoms with van der Waals surface area (Å²) in [5.41, 5.74) is 1.64. The SMILES string of the molecule is CCCOc1ccc([C@@H]2C(=C(O)c3ccc4c(c3)OCCO4)C(=O)C(=O)N2c2nnc(SCc3ccccc3Cl)s2)cc1OCC. The van der Waals surface area contributed by atoms with Gasteiger partial charge in [-0.05, 0) is 60.9 Å². The van der Waals surface area contributed by atoms with Crippen molar-refractivity contribution >= 4 is 57.3 Å². The van der Waals surface area contributed by atoms with E-state index in [4.69, 9.17) is 30.5 Å². The van der Waals surface area contributed by atoms with E-state index in [1.807, 2.05) is 38.1 Å². The summed E-state index contributed by atoms with van der Waals surface area (Å²) in [5, 5.41) is 21.1. The molecular weight excluding hydrogens is 650 g/mol. The van der Waals surface area contributed by atoms with Crippen molar-refractivity contribution in [3.63, 3.8) is 0 Å². The van der Waals surface area contributed by atoms with Crippen LogP contribution in [0.4, 0.5) is 5.13 Å². The van der Waals surface area contributed by atoms with Gasteiger partial charge >= 0.3 is 5.91 Å². The minimum Gasteiger partial charge on any atom is -0.507 e. The number of aliphatic hydroxyl groups excluding tert-OH is 1. The van der Waals surface area contributed by atoms with Gasteiger partial charge in [0.15, 0.2) is 27.3 Å². The van der Waals surface area contributed by atoms with Crippen molar-refractivity contribution in [3.8, 4) is 23.0 Å². The van der Waals surface area contributed by atoms with Crippen LogP contribution in [0.3, 0.4) is 0 Å². The van der Waals surface area contributed by atoms with Crippen LogP contribution >= 0.6 is 34.7 Å². The van der Waals surface area contributed by atoms with E-state index in [9.17, 15) is 14.7 Å². The van der Waals surface area contributed by atoms with Crippen LogP contribution in [0.2, 0.25) is 5.02 Å². The molecule has 2 aliphatic rings. The Morgan fingerprint density at radius 2 is 1.83 bits per heavy atom. The van der Waals surface area contributed by atoms with E-state index >= 15 is 0 Å². The van der Waals surface area contributed by atoms with Crippen LogP contribution in [0.15, 0.2) is 70.6 Å². The number of ketones is 1. The van der Waals surface area contributed by atoms with Gasteiger partial charge in [0, 0.05) is 16.3 Å². The standard InChI is InChI=1S/C33H30ClN3O7S2/c1-3-13-42-23-11-9-19(16-25(23)41-4-2)28-27(29(38)20-10-12-24-26(17-20)44-15-14-43-24)30(39)31(40)37(28)32-35-36-33(46-32)45-18-21-7-5-6-8-22(21)34/h5-12,16-17,28,38H,3-4,13-15,18H2,1-2H3/t28-/m1/s1. The van der Waals surface area contributed by atoms with Gasteiger partial charge in [-0.1, -0.05) is 65.9 Å². The van der Waals surface area contributed by atoms with E-state index in [1.165, 1.54) is 28.0 Å². The number of aromatic nitrogens is 2. The molecule has 3 heterocycles. The predicted molar refractivity (Wildman–Crippen MR) is 177 cm³/mol. The summed E-state index contributed by atoms with van der Waals surface area (Å²) in [6.45, 7) is 5.47. The Bertz CT molecular complexity index is 1810. The monoisotopic (exact) mass is 679 g/mol. The van der Waals surface area contributed by atoms with Crippen molar-refractivity contribution < 1.29 is 33.6 Å². The third-order valence-corrected chi connectivity index (χ3v) is 9.69. The highest BCUT2D eigenvalue weighted by Gasteiger charge is 2.48. The highest BCUT2D eigenvalue weighted by molar-refractivity contribution is 8.00. The molecule has 0 saturated carbocycles. The Morgan fingerprint density at radius 1 is 1.02 bits per heavy atom. The first-order valence-electron chi connectivity index (χ1n) is 14.7. The van der Waals surface area contributed by atoms with E-state index < -0.39 is 17.7 Å². The van der Waals surface area contributed by atoms with Crippen molar-refractivity contribution in [1.29, 1.82) is 0 Å². The molecule has 10 nitrogen and oxygen atoms in total. The lowest BCUT2D eigenvalue weighted by Gasteiger charge is -2.24. The molecule has 46 heavy (non-hydrogen) atoms. The van der Waals surface area contributed by atoms with Crippen molar-refractivity contribution in [3.05, 3.63) is 87.9 Å². The highest BCUT2D eigenvalue weighted by atomic mass is 35.5. The molecule has 1 saturated heterocycles. The Kier molecular flexibility index (Phi) is 9.67. The lowest BCUT2D eigenvalue weighted by Crippen LogP contribution is -2.29. The van der Waals surface area contributed by atoms with E-state index in [0.29, 0.717) is 75.7 Å². The molecule has 2 aliphatic heterocycles. The Hall–Kier alpha value is -4.26. The molecule has 0 spiro atoms. The Morgan fingerprint density at radius 3 is 2.61 bits per heavy atom. The van der Waals surface area contributed by atoms with Gasteiger partial charge in [-0.3, -0.25) is 14.5 Å². The molecule has 3 aromatic carbocycles. The second-order valence-corrected chi connectivity index (χ2v) is 12.8. The maximum atomic E-state index is 13.8. The number of Topliss-reactive ketones (excluding diaryl/α,β-unsaturated/α-hetero) is 1. The first kappa shape index (κ1) is 31.7. The van der Waals surface area contributed by atoms with E-state index in [-0.39, 0.29) is 16.5 Å². The molecule has 6 rings (SSSR count). The summed E-state index contributed by atoms with van der Waals surface area (Å²) in [7, 11) is 0. The summed E-state index contributed by atoms with van der Waals surface area (Å²) in [5.74, 6) is 0.426. The number of hydrogen-bond donors (Lipinski definition) is 1. The molecule has 13 heteroatoms. The second kappa shape index (κ2) is 14.0. The first-order valence-corrected chi connectivity index (χ1v) is 16.9. The smallest absolute Gasteiger partial charge is 0.301 e. The topological polar surface area (TPSA) is 120 Å². The summed E-state index contributed by atoms with van der Waals surface area (Å²) >= 11 is 8.92. The number of carbonyl (C=O) groups is 2. The molecule has 0 bridgehead atoms. The van der Waals surface area contributed by atoms with Crippen LogP contribution in [0, 0.1) is 0 Å². The number of carbonyl (C=O) groups excluding carboxylic acids is 2. The van der Waals surface area contributed by atoms with Crippen LogP contribution < -0.4 is 23.8 Å². The average molecular weight is 680 g/mol. The third-order valence-electron chi connectivity index (χ3n) is 7.22. The number of halogens is 1. The Labute approximate surface area is 278 Å². The van der Waals surface area contributed by atoms with Crippen molar-refractivity contribution in [1.82, 2.24) is 10.2 Å². The molecule has 1 atom stereocenters. The average Bonchev–Trinajstić information content (AvgIpc) is 3.64. The number of amides is 1. The zero-order chi connectivity index (χ0) is 32.2. The first-order chi connectivity index (χ1) is 22.4. The number of hydrogen-bond acceptors (Lipinski definition) is 11. The molecule has 0 radical (unpaired) electrons. The van der Waals surface area contributed by atoms with E-state index in [0.717, 1.165) is 12.0 Å². The van der Waals surface area contributed by atoms with Gasteiger partial charge in [0.1, 0.15) is 19.0 Å². The number of fused-ring (bicyclic) bond motifs is 1. The Balaban J connectivity index is 1.43. The van der Waals surface area contributed by atoms with Crippen molar-refractivity contribution in [2.45, 2.75) is 36.4 Å². The van der Waals surface area contributed by atoms with Crippen LogP contribution in [-0.2, 0) is 15.3 Å². The molecule has 0 aliphatic carbocycles.